The molecule has 2 N–H and O–H groups in total. The minimum atomic E-state index is 0.602. The van der Waals surface area contributed by atoms with Gasteiger partial charge in [0.15, 0.2) is 0 Å². The molecule has 0 bridgehead atoms. The number of hydrogen-bond acceptors (Lipinski definition) is 4. The summed E-state index contributed by atoms with van der Waals surface area (Å²) in [4.78, 5) is 9.01. The van der Waals surface area contributed by atoms with E-state index in [1.165, 1.54) is 5.69 Å². The van der Waals surface area contributed by atoms with Crippen LogP contribution in [0.1, 0.15) is 5.69 Å². The SMILES string of the molecule is Cc1nc(N)ccc1N1CCN(C)CC1. The first-order chi connectivity index (χ1) is 7.16. The number of nitrogens with two attached hydrogens (primary N) is 1. The average molecular weight is 206 g/mol. The highest BCUT2D eigenvalue weighted by atomic mass is 15.3. The fourth-order valence-corrected chi connectivity index (χ4v) is 1.95. The van der Waals surface area contributed by atoms with Crippen molar-refractivity contribution in [1.29, 1.82) is 0 Å². The number of hydrogen-bond donors (Lipinski definition) is 1. The second-order valence-electron chi connectivity index (χ2n) is 4.13. The maximum atomic E-state index is 5.64. The third-order valence-corrected chi connectivity index (χ3v) is 2.92. The quantitative estimate of drug-likeness (QED) is 0.735. The summed E-state index contributed by atoms with van der Waals surface area (Å²) in [5.74, 6) is 0.602. The van der Waals surface area contributed by atoms with Gasteiger partial charge < -0.3 is 15.5 Å². The van der Waals surface area contributed by atoms with Crippen LogP contribution in [0.15, 0.2) is 12.1 Å². The molecule has 82 valence electrons. The van der Waals surface area contributed by atoms with Gasteiger partial charge in [-0.1, -0.05) is 0 Å². The number of aromatic nitrogens is 1. The van der Waals surface area contributed by atoms with Gasteiger partial charge in [0.2, 0.25) is 0 Å². The highest BCUT2D eigenvalue weighted by molar-refractivity contribution is 5.53. The zero-order valence-electron chi connectivity index (χ0n) is 9.40. The van der Waals surface area contributed by atoms with Crippen molar-refractivity contribution in [3.63, 3.8) is 0 Å². The Hall–Kier alpha value is -1.29. The number of anilines is 2. The molecule has 0 atom stereocenters. The molecule has 1 aliphatic heterocycles. The molecule has 15 heavy (non-hydrogen) atoms. The van der Waals surface area contributed by atoms with E-state index in [-0.39, 0.29) is 0 Å². The summed E-state index contributed by atoms with van der Waals surface area (Å²) in [6.45, 7) is 6.39. The second kappa shape index (κ2) is 4.06. The molecule has 0 aromatic carbocycles. The molecule has 0 aliphatic carbocycles. The van der Waals surface area contributed by atoms with E-state index >= 15 is 0 Å². The highest BCUT2D eigenvalue weighted by Crippen LogP contribution is 2.20. The first kappa shape index (κ1) is 10.2. The first-order valence-corrected chi connectivity index (χ1v) is 5.33. The Morgan fingerprint density at radius 2 is 1.87 bits per heavy atom. The molecular formula is C11H18N4. The summed E-state index contributed by atoms with van der Waals surface area (Å²) in [6, 6.07) is 3.95. The predicted octanol–water partition coefficient (Wildman–Crippen LogP) is 0.724. The molecule has 0 radical (unpaired) electrons. The van der Waals surface area contributed by atoms with Crippen molar-refractivity contribution in [2.75, 3.05) is 43.9 Å². The number of nitrogens with zero attached hydrogens (tertiary/aromatic N) is 3. The van der Waals surface area contributed by atoms with Crippen LogP contribution in [0.5, 0.6) is 0 Å². The van der Waals surface area contributed by atoms with Gasteiger partial charge in [-0.2, -0.15) is 0 Å². The van der Waals surface area contributed by atoms with Crippen LogP contribution in [0, 0.1) is 6.92 Å². The molecule has 0 unspecified atom stereocenters. The van der Waals surface area contributed by atoms with Gasteiger partial charge in [0.1, 0.15) is 5.82 Å². The lowest BCUT2D eigenvalue weighted by Crippen LogP contribution is -2.44. The summed E-state index contributed by atoms with van der Waals surface area (Å²) >= 11 is 0. The number of likely N-dealkylation sites (N-methyl/N-ethyl adjacent to an activating group) is 1. The van der Waals surface area contributed by atoms with Crippen LogP contribution in [-0.2, 0) is 0 Å². The highest BCUT2D eigenvalue weighted by Gasteiger charge is 2.16. The van der Waals surface area contributed by atoms with Crippen molar-refractivity contribution >= 4 is 11.5 Å². The van der Waals surface area contributed by atoms with E-state index in [0.717, 1.165) is 31.9 Å². The van der Waals surface area contributed by atoms with E-state index in [1.54, 1.807) is 0 Å². The molecule has 2 rings (SSSR count). The number of pyridine rings is 1. The van der Waals surface area contributed by atoms with E-state index in [2.05, 4.69) is 27.9 Å². The number of rotatable bonds is 1. The maximum Gasteiger partial charge on any atom is 0.123 e. The number of nitrogen functional groups attached to an aromatic ring is 1. The average Bonchev–Trinajstić information content (AvgIpc) is 2.20. The van der Waals surface area contributed by atoms with E-state index < -0.39 is 0 Å². The fourth-order valence-electron chi connectivity index (χ4n) is 1.95. The molecule has 0 saturated carbocycles. The predicted molar refractivity (Wildman–Crippen MR) is 63.1 cm³/mol. The van der Waals surface area contributed by atoms with E-state index in [0.29, 0.717) is 5.82 Å². The van der Waals surface area contributed by atoms with Crippen LogP contribution in [0.3, 0.4) is 0 Å². The van der Waals surface area contributed by atoms with Crippen molar-refractivity contribution in [2.45, 2.75) is 6.92 Å². The largest absolute Gasteiger partial charge is 0.384 e. The minimum Gasteiger partial charge on any atom is -0.384 e. The summed E-state index contributed by atoms with van der Waals surface area (Å²) < 4.78 is 0. The Morgan fingerprint density at radius 1 is 1.20 bits per heavy atom. The lowest BCUT2D eigenvalue weighted by Gasteiger charge is -2.34. The Balaban J connectivity index is 2.15. The molecule has 4 heteroatoms. The molecule has 1 aliphatic rings. The van der Waals surface area contributed by atoms with Crippen LogP contribution in [-0.4, -0.2) is 43.1 Å². The Morgan fingerprint density at radius 3 is 2.47 bits per heavy atom. The molecule has 0 spiro atoms. The van der Waals surface area contributed by atoms with Crippen molar-refractivity contribution in [3.8, 4) is 0 Å². The second-order valence-corrected chi connectivity index (χ2v) is 4.13. The molecule has 1 aromatic rings. The smallest absolute Gasteiger partial charge is 0.123 e. The molecule has 1 fully saturated rings. The molecule has 1 saturated heterocycles. The molecule has 0 amide bonds. The van der Waals surface area contributed by atoms with E-state index in [4.69, 9.17) is 5.73 Å². The van der Waals surface area contributed by atoms with Crippen molar-refractivity contribution in [2.24, 2.45) is 0 Å². The summed E-state index contributed by atoms with van der Waals surface area (Å²) in [5.41, 5.74) is 7.89. The van der Waals surface area contributed by atoms with Gasteiger partial charge in [-0.05, 0) is 26.1 Å². The lowest BCUT2D eigenvalue weighted by atomic mass is 10.2. The number of piperazine rings is 1. The third-order valence-electron chi connectivity index (χ3n) is 2.92. The normalized spacial score (nSPS) is 18.1. The van der Waals surface area contributed by atoms with Gasteiger partial charge in [-0.25, -0.2) is 4.98 Å². The van der Waals surface area contributed by atoms with Crippen molar-refractivity contribution in [3.05, 3.63) is 17.8 Å². The molecular weight excluding hydrogens is 188 g/mol. The van der Waals surface area contributed by atoms with Crippen LogP contribution in [0.2, 0.25) is 0 Å². The third kappa shape index (κ3) is 2.21. The van der Waals surface area contributed by atoms with Crippen LogP contribution in [0.25, 0.3) is 0 Å². The first-order valence-electron chi connectivity index (χ1n) is 5.33. The fraction of sp³-hybridized carbons (Fsp3) is 0.545. The zero-order chi connectivity index (χ0) is 10.8. The minimum absolute atomic E-state index is 0.602. The Labute approximate surface area is 90.7 Å². The van der Waals surface area contributed by atoms with Crippen LogP contribution in [0.4, 0.5) is 11.5 Å². The van der Waals surface area contributed by atoms with Crippen molar-refractivity contribution in [1.82, 2.24) is 9.88 Å². The van der Waals surface area contributed by atoms with Gasteiger partial charge in [-0.3, -0.25) is 0 Å². The summed E-state index contributed by atoms with van der Waals surface area (Å²) in [6.07, 6.45) is 0. The van der Waals surface area contributed by atoms with Gasteiger partial charge in [0.05, 0.1) is 11.4 Å². The summed E-state index contributed by atoms with van der Waals surface area (Å²) in [7, 11) is 2.16. The van der Waals surface area contributed by atoms with E-state index in [1.807, 2.05) is 13.0 Å². The maximum absolute atomic E-state index is 5.64. The molecule has 1 aromatic heterocycles. The number of aryl methyl sites for hydroxylation is 1. The van der Waals surface area contributed by atoms with Gasteiger partial charge >= 0.3 is 0 Å². The van der Waals surface area contributed by atoms with Crippen molar-refractivity contribution < 1.29 is 0 Å². The van der Waals surface area contributed by atoms with Crippen LogP contribution < -0.4 is 10.6 Å². The Kier molecular flexibility index (Phi) is 2.77. The summed E-state index contributed by atoms with van der Waals surface area (Å²) in [5, 5.41) is 0. The monoisotopic (exact) mass is 206 g/mol. The van der Waals surface area contributed by atoms with Gasteiger partial charge in [-0.15, -0.1) is 0 Å². The van der Waals surface area contributed by atoms with Gasteiger partial charge in [0.25, 0.3) is 0 Å². The van der Waals surface area contributed by atoms with E-state index in [9.17, 15) is 0 Å². The Bertz CT molecular complexity index is 342. The molecule has 4 nitrogen and oxygen atoms in total. The van der Waals surface area contributed by atoms with Gasteiger partial charge in [0, 0.05) is 26.2 Å². The van der Waals surface area contributed by atoms with Crippen LogP contribution >= 0.6 is 0 Å². The topological polar surface area (TPSA) is 45.4 Å². The standard InChI is InChI=1S/C11H18N4/c1-9-10(3-4-11(12)13-9)15-7-5-14(2)6-8-15/h3-4H,5-8H2,1-2H3,(H2,12,13). The zero-order valence-corrected chi connectivity index (χ0v) is 9.40. The molecule has 2 heterocycles. The lowest BCUT2D eigenvalue weighted by molar-refractivity contribution is 0.312.